The molecule has 1 aromatic carbocycles. The van der Waals surface area contributed by atoms with Crippen molar-refractivity contribution in [3.05, 3.63) is 35.4 Å². The van der Waals surface area contributed by atoms with Gasteiger partial charge in [-0.05, 0) is 18.6 Å². The zero-order valence-corrected chi connectivity index (χ0v) is 9.64. The highest BCUT2D eigenvalue weighted by Gasteiger charge is 2.43. The summed E-state index contributed by atoms with van der Waals surface area (Å²) in [6.07, 6.45) is -0.951. The van der Waals surface area contributed by atoms with Crippen LogP contribution in [0.25, 0.3) is 0 Å². The molecule has 0 radical (unpaired) electrons. The largest absolute Gasteiger partial charge is 0.378 e. The van der Waals surface area contributed by atoms with E-state index in [0.29, 0.717) is 24.2 Å². The fourth-order valence-corrected chi connectivity index (χ4v) is 2.49. The van der Waals surface area contributed by atoms with Gasteiger partial charge in [-0.2, -0.15) is 0 Å². The second kappa shape index (κ2) is 4.17. The molecule has 2 aliphatic rings. The summed E-state index contributed by atoms with van der Waals surface area (Å²) < 4.78 is 18.8. The summed E-state index contributed by atoms with van der Waals surface area (Å²) in [4.78, 5) is 25.4. The van der Waals surface area contributed by atoms with Crippen LogP contribution in [0.3, 0.4) is 0 Å². The number of hydrogen-bond donors (Lipinski definition) is 0. The summed E-state index contributed by atoms with van der Waals surface area (Å²) in [5, 5.41) is 0. The smallest absolute Gasteiger partial charge is 0.261 e. The van der Waals surface area contributed by atoms with E-state index in [4.69, 9.17) is 4.74 Å². The van der Waals surface area contributed by atoms with E-state index in [9.17, 15) is 14.0 Å². The van der Waals surface area contributed by atoms with E-state index in [-0.39, 0.29) is 6.61 Å². The average Bonchev–Trinajstić information content (AvgIpc) is 2.64. The number of carbonyl (C=O) groups is 2. The summed E-state index contributed by atoms with van der Waals surface area (Å²) in [6.45, 7) is 0.316. The Hall–Kier alpha value is -1.75. The minimum Gasteiger partial charge on any atom is -0.378 e. The molecular weight excluding hydrogens is 237 g/mol. The molecule has 2 heterocycles. The lowest BCUT2D eigenvalue weighted by molar-refractivity contribution is -0.0158. The number of ether oxygens (including phenoxy) is 1. The Balaban J connectivity index is 1.96. The number of hydrogen-bond acceptors (Lipinski definition) is 3. The fraction of sp³-hybridized carbons (Fsp3) is 0.385. The lowest BCUT2D eigenvalue weighted by Crippen LogP contribution is -2.49. The summed E-state index contributed by atoms with van der Waals surface area (Å²) in [7, 11) is 0. The van der Waals surface area contributed by atoms with Crippen LogP contribution in [0.2, 0.25) is 0 Å². The molecule has 4 nitrogen and oxygen atoms in total. The van der Waals surface area contributed by atoms with Gasteiger partial charge in [-0.1, -0.05) is 12.1 Å². The molecule has 94 valence electrons. The van der Waals surface area contributed by atoms with Gasteiger partial charge in [0.25, 0.3) is 11.8 Å². The molecule has 2 amide bonds. The number of amides is 2. The number of fused-ring (bicyclic) bond motifs is 1. The molecule has 1 aromatic rings. The van der Waals surface area contributed by atoms with Crippen molar-refractivity contribution in [1.82, 2.24) is 4.90 Å². The molecule has 1 fully saturated rings. The van der Waals surface area contributed by atoms with Gasteiger partial charge in [0.2, 0.25) is 0 Å². The zero-order chi connectivity index (χ0) is 12.7. The number of benzene rings is 1. The minimum absolute atomic E-state index is 0.0575. The molecule has 3 rings (SSSR count). The van der Waals surface area contributed by atoms with Crippen molar-refractivity contribution in [2.24, 2.45) is 0 Å². The van der Waals surface area contributed by atoms with Gasteiger partial charge in [-0.25, -0.2) is 4.39 Å². The minimum atomic E-state index is -1.30. The van der Waals surface area contributed by atoms with Crippen LogP contribution in [-0.4, -0.2) is 42.1 Å². The third-order valence-corrected chi connectivity index (χ3v) is 3.41. The monoisotopic (exact) mass is 249 g/mol. The fourth-order valence-electron chi connectivity index (χ4n) is 2.49. The van der Waals surface area contributed by atoms with Crippen LogP contribution >= 0.6 is 0 Å². The van der Waals surface area contributed by atoms with Gasteiger partial charge in [-0.15, -0.1) is 0 Å². The van der Waals surface area contributed by atoms with Crippen molar-refractivity contribution in [2.75, 3.05) is 13.2 Å². The summed E-state index contributed by atoms with van der Waals surface area (Å²) in [5.74, 6) is -0.796. The van der Waals surface area contributed by atoms with Crippen molar-refractivity contribution in [3.8, 4) is 0 Å². The van der Waals surface area contributed by atoms with E-state index >= 15 is 0 Å². The van der Waals surface area contributed by atoms with Crippen molar-refractivity contribution in [2.45, 2.75) is 18.6 Å². The Morgan fingerprint density at radius 1 is 1.17 bits per heavy atom. The van der Waals surface area contributed by atoms with Crippen LogP contribution in [-0.2, 0) is 4.74 Å². The van der Waals surface area contributed by atoms with Crippen LogP contribution in [0.4, 0.5) is 4.39 Å². The predicted molar refractivity (Wildman–Crippen MR) is 61.1 cm³/mol. The number of rotatable bonds is 1. The van der Waals surface area contributed by atoms with E-state index in [0.717, 1.165) is 4.90 Å². The first-order valence-corrected chi connectivity index (χ1v) is 5.89. The van der Waals surface area contributed by atoms with Crippen LogP contribution in [0, 0.1) is 0 Å². The van der Waals surface area contributed by atoms with Crippen molar-refractivity contribution in [1.29, 1.82) is 0 Å². The van der Waals surface area contributed by atoms with Crippen molar-refractivity contribution >= 4 is 11.8 Å². The van der Waals surface area contributed by atoms with Crippen LogP contribution in [0.1, 0.15) is 27.1 Å². The predicted octanol–water partition coefficient (Wildman–Crippen LogP) is 1.41. The number of halogens is 1. The van der Waals surface area contributed by atoms with Gasteiger partial charge in [0.1, 0.15) is 6.17 Å². The number of imide groups is 1. The molecule has 0 spiro atoms. The lowest BCUT2D eigenvalue weighted by Gasteiger charge is -2.32. The molecule has 2 atom stereocenters. The topological polar surface area (TPSA) is 46.6 Å². The summed E-state index contributed by atoms with van der Waals surface area (Å²) in [6, 6.07) is 5.89. The van der Waals surface area contributed by atoms with Crippen molar-refractivity contribution in [3.63, 3.8) is 0 Å². The first kappa shape index (κ1) is 11.3. The van der Waals surface area contributed by atoms with E-state index in [1.807, 2.05) is 0 Å². The average molecular weight is 249 g/mol. The number of alkyl halides is 1. The summed E-state index contributed by atoms with van der Waals surface area (Å²) in [5.41, 5.74) is 0.724. The maximum atomic E-state index is 13.8. The Kier molecular flexibility index (Phi) is 2.63. The maximum absolute atomic E-state index is 13.8. The Morgan fingerprint density at radius 3 is 2.33 bits per heavy atom. The molecule has 0 aromatic heterocycles. The molecule has 0 saturated carbocycles. The van der Waals surface area contributed by atoms with Crippen molar-refractivity contribution < 1.29 is 18.7 Å². The quantitative estimate of drug-likeness (QED) is 0.707. The SMILES string of the molecule is O=C1c2ccccc2C(=O)N1[C@@H]1CCOC[C@H]1F. The Labute approximate surface area is 103 Å². The first-order valence-electron chi connectivity index (χ1n) is 5.89. The Bertz CT molecular complexity index is 482. The first-order chi connectivity index (χ1) is 8.70. The van der Waals surface area contributed by atoms with Gasteiger partial charge in [0.05, 0.1) is 23.8 Å². The molecule has 1 saturated heterocycles. The highest BCUT2D eigenvalue weighted by molar-refractivity contribution is 6.21. The molecule has 5 heteroatoms. The standard InChI is InChI=1S/C13H12FNO3/c14-10-7-18-6-5-11(10)15-12(16)8-3-1-2-4-9(8)13(15)17/h1-4,10-11H,5-7H2/t10-,11-/m1/s1. The van der Waals surface area contributed by atoms with E-state index < -0.39 is 24.0 Å². The van der Waals surface area contributed by atoms with Gasteiger partial charge in [0.15, 0.2) is 0 Å². The zero-order valence-electron chi connectivity index (χ0n) is 9.64. The van der Waals surface area contributed by atoms with Gasteiger partial charge in [0, 0.05) is 6.61 Å². The third kappa shape index (κ3) is 1.54. The van der Waals surface area contributed by atoms with Crippen LogP contribution in [0.5, 0.6) is 0 Å². The third-order valence-electron chi connectivity index (χ3n) is 3.41. The number of carbonyl (C=O) groups excluding carboxylic acids is 2. The Morgan fingerprint density at radius 2 is 1.78 bits per heavy atom. The number of nitrogens with zero attached hydrogens (tertiary/aromatic N) is 1. The lowest BCUT2D eigenvalue weighted by atomic mass is 10.1. The molecule has 18 heavy (non-hydrogen) atoms. The van der Waals surface area contributed by atoms with E-state index in [1.165, 1.54) is 0 Å². The van der Waals surface area contributed by atoms with Crippen LogP contribution < -0.4 is 0 Å². The van der Waals surface area contributed by atoms with Gasteiger partial charge in [-0.3, -0.25) is 14.5 Å². The normalized spacial score (nSPS) is 27.5. The molecule has 0 N–H and O–H groups in total. The molecule has 0 bridgehead atoms. The van der Waals surface area contributed by atoms with Crippen LogP contribution in [0.15, 0.2) is 24.3 Å². The van der Waals surface area contributed by atoms with Gasteiger partial charge < -0.3 is 4.74 Å². The maximum Gasteiger partial charge on any atom is 0.261 e. The van der Waals surface area contributed by atoms with E-state index in [1.54, 1.807) is 24.3 Å². The molecule has 0 aliphatic carbocycles. The summed E-state index contributed by atoms with van der Waals surface area (Å²) >= 11 is 0. The second-order valence-corrected chi connectivity index (χ2v) is 4.47. The van der Waals surface area contributed by atoms with E-state index in [2.05, 4.69) is 0 Å². The molecular formula is C13H12FNO3. The molecule has 0 unspecified atom stereocenters. The highest BCUT2D eigenvalue weighted by Crippen LogP contribution is 2.28. The van der Waals surface area contributed by atoms with Gasteiger partial charge >= 0.3 is 0 Å². The highest BCUT2D eigenvalue weighted by atomic mass is 19.1. The second-order valence-electron chi connectivity index (χ2n) is 4.47. The molecule has 2 aliphatic heterocycles.